The minimum atomic E-state index is -1.03. The molecular weight excluding hydrogens is 234 g/mol. The number of imidazole rings is 1. The first-order valence-electron chi connectivity index (χ1n) is 6.04. The van der Waals surface area contributed by atoms with E-state index in [1.165, 1.54) is 6.92 Å². The standard InChI is InChI=1S/C12H19N3O3/c1-3-4-10(15-6-5-13-8-15)7-11(16)14-9(2)12(17)18/h5-6,8-10H,3-4,7H2,1-2H3,(H,14,16)(H,17,18). The highest BCUT2D eigenvalue weighted by Gasteiger charge is 2.18. The average molecular weight is 253 g/mol. The Morgan fingerprint density at radius 3 is 2.72 bits per heavy atom. The monoisotopic (exact) mass is 253 g/mol. The molecule has 2 unspecified atom stereocenters. The number of carbonyl (C=O) groups excluding carboxylic acids is 1. The first kappa shape index (κ1) is 14.2. The summed E-state index contributed by atoms with van der Waals surface area (Å²) in [5.41, 5.74) is 0. The zero-order chi connectivity index (χ0) is 13.5. The lowest BCUT2D eigenvalue weighted by molar-refractivity contribution is -0.141. The first-order chi connectivity index (χ1) is 8.54. The van der Waals surface area contributed by atoms with Crippen LogP contribution in [0.1, 0.15) is 39.2 Å². The zero-order valence-electron chi connectivity index (χ0n) is 10.7. The molecule has 1 amide bonds. The van der Waals surface area contributed by atoms with Crippen LogP contribution in [0.5, 0.6) is 0 Å². The molecule has 6 heteroatoms. The van der Waals surface area contributed by atoms with Gasteiger partial charge in [0.15, 0.2) is 0 Å². The van der Waals surface area contributed by atoms with E-state index in [1.54, 1.807) is 12.5 Å². The molecule has 18 heavy (non-hydrogen) atoms. The average Bonchev–Trinajstić information content (AvgIpc) is 2.81. The number of aromatic nitrogens is 2. The lowest BCUT2D eigenvalue weighted by atomic mass is 10.1. The van der Waals surface area contributed by atoms with Crippen molar-refractivity contribution in [3.8, 4) is 0 Å². The minimum absolute atomic E-state index is 0.0264. The number of hydrogen-bond acceptors (Lipinski definition) is 3. The summed E-state index contributed by atoms with van der Waals surface area (Å²) in [6.45, 7) is 3.49. The van der Waals surface area contributed by atoms with Crippen LogP contribution in [0.3, 0.4) is 0 Å². The molecule has 1 heterocycles. The van der Waals surface area contributed by atoms with Crippen molar-refractivity contribution in [2.75, 3.05) is 0 Å². The molecule has 0 saturated carbocycles. The van der Waals surface area contributed by atoms with Gasteiger partial charge in [0.05, 0.1) is 6.33 Å². The maximum atomic E-state index is 11.7. The van der Waals surface area contributed by atoms with Crippen LogP contribution in [0, 0.1) is 0 Å². The van der Waals surface area contributed by atoms with E-state index in [1.807, 2.05) is 17.7 Å². The number of rotatable bonds is 7. The normalized spacial score (nSPS) is 13.9. The van der Waals surface area contributed by atoms with Crippen LogP contribution in [0.4, 0.5) is 0 Å². The van der Waals surface area contributed by atoms with Gasteiger partial charge in [-0.3, -0.25) is 9.59 Å². The van der Waals surface area contributed by atoms with Gasteiger partial charge in [-0.15, -0.1) is 0 Å². The molecule has 2 N–H and O–H groups in total. The fourth-order valence-electron chi connectivity index (χ4n) is 1.75. The van der Waals surface area contributed by atoms with Crippen molar-refractivity contribution >= 4 is 11.9 Å². The third kappa shape index (κ3) is 4.20. The number of carboxylic acids is 1. The first-order valence-corrected chi connectivity index (χ1v) is 6.04. The van der Waals surface area contributed by atoms with Gasteiger partial charge in [-0.05, 0) is 13.3 Å². The molecule has 0 aliphatic rings. The highest BCUT2D eigenvalue weighted by molar-refractivity contribution is 5.83. The SMILES string of the molecule is CCCC(CC(=O)NC(C)C(=O)O)n1ccnc1. The fraction of sp³-hybridized carbons (Fsp3) is 0.583. The Bertz CT molecular complexity index is 389. The second-order valence-corrected chi connectivity index (χ2v) is 4.28. The molecule has 0 saturated heterocycles. The summed E-state index contributed by atoms with van der Waals surface area (Å²) >= 11 is 0. The number of nitrogens with one attached hydrogen (secondary N) is 1. The van der Waals surface area contributed by atoms with Crippen molar-refractivity contribution in [1.29, 1.82) is 0 Å². The third-order valence-electron chi connectivity index (χ3n) is 2.74. The van der Waals surface area contributed by atoms with Crippen LogP contribution in [-0.2, 0) is 9.59 Å². The van der Waals surface area contributed by atoms with Crippen LogP contribution >= 0.6 is 0 Å². The molecular formula is C12H19N3O3. The summed E-state index contributed by atoms with van der Waals surface area (Å²) < 4.78 is 1.88. The second-order valence-electron chi connectivity index (χ2n) is 4.28. The predicted octanol–water partition coefficient (Wildman–Crippen LogP) is 1.20. The number of aliphatic carboxylic acids is 1. The molecule has 1 rings (SSSR count). The number of hydrogen-bond donors (Lipinski definition) is 2. The smallest absolute Gasteiger partial charge is 0.325 e. The predicted molar refractivity (Wildman–Crippen MR) is 66.0 cm³/mol. The molecule has 0 bridgehead atoms. The molecule has 100 valence electrons. The second kappa shape index (κ2) is 6.78. The van der Waals surface area contributed by atoms with Crippen molar-refractivity contribution in [1.82, 2.24) is 14.9 Å². The maximum absolute atomic E-state index is 11.7. The Hall–Kier alpha value is -1.85. The zero-order valence-corrected chi connectivity index (χ0v) is 10.7. The van der Waals surface area contributed by atoms with Crippen molar-refractivity contribution in [2.45, 2.75) is 45.2 Å². The highest BCUT2D eigenvalue weighted by Crippen LogP contribution is 2.17. The van der Waals surface area contributed by atoms with Crippen LogP contribution in [-0.4, -0.2) is 32.6 Å². The van der Waals surface area contributed by atoms with Crippen molar-refractivity contribution in [2.24, 2.45) is 0 Å². The van der Waals surface area contributed by atoms with E-state index in [4.69, 9.17) is 5.11 Å². The van der Waals surface area contributed by atoms with Gasteiger partial charge in [-0.1, -0.05) is 13.3 Å². The van der Waals surface area contributed by atoms with Gasteiger partial charge >= 0.3 is 5.97 Å². The lowest BCUT2D eigenvalue weighted by Gasteiger charge is -2.18. The quantitative estimate of drug-likeness (QED) is 0.764. The van der Waals surface area contributed by atoms with Crippen LogP contribution < -0.4 is 5.32 Å². The van der Waals surface area contributed by atoms with Gasteiger partial charge in [0, 0.05) is 24.9 Å². The molecule has 0 aliphatic heterocycles. The van der Waals surface area contributed by atoms with E-state index in [0.717, 1.165) is 12.8 Å². The minimum Gasteiger partial charge on any atom is -0.480 e. The van der Waals surface area contributed by atoms with E-state index >= 15 is 0 Å². The summed E-state index contributed by atoms with van der Waals surface area (Å²) in [5.74, 6) is -1.28. The summed E-state index contributed by atoms with van der Waals surface area (Å²) in [4.78, 5) is 26.3. The molecule has 2 atom stereocenters. The molecule has 1 aromatic heterocycles. The Kier molecular flexibility index (Phi) is 5.35. The summed E-state index contributed by atoms with van der Waals surface area (Å²) in [7, 11) is 0. The molecule has 0 aromatic carbocycles. The third-order valence-corrected chi connectivity index (χ3v) is 2.74. The molecule has 0 spiro atoms. The summed E-state index contributed by atoms with van der Waals surface area (Å²) in [5, 5.41) is 11.2. The summed E-state index contributed by atoms with van der Waals surface area (Å²) in [6, 6.07) is -0.832. The Morgan fingerprint density at radius 2 is 2.22 bits per heavy atom. The maximum Gasteiger partial charge on any atom is 0.325 e. The number of carbonyl (C=O) groups is 2. The Morgan fingerprint density at radius 1 is 1.50 bits per heavy atom. The number of amides is 1. The van der Waals surface area contributed by atoms with Crippen LogP contribution in [0.25, 0.3) is 0 Å². The van der Waals surface area contributed by atoms with Gasteiger partial charge in [0.1, 0.15) is 6.04 Å². The number of carboxylic acid groups (broad SMARTS) is 1. The van der Waals surface area contributed by atoms with E-state index in [0.29, 0.717) is 0 Å². The van der Waals surface area contributed by atoms with Gasteiger partial charge < -0.3 is 15.0 Å². The van der Waals surface area contributed by atoms with Gasteiger partial charge in [-0.25, -0.2) is 4.98 Å². The van der Waals surface area contributed by atoms with Crippen LogP contribution in [0.2, 0.25) is 0 Å². The van der Waals surface area contributed by atoms with Crippen molar-refractivity contribution in [3.63, 3.8) is 0 Å². The van der Waals surface area contributed by atoms with E-state index in [2.05, 4.69) is 10.3 Å². The summed E-state index contributed by atoms with van der Waals surface area (Å²) in [6.07, 6.45) is 7.22. The Balaban J connectivity index is 2.56. The topological polar surface area (TPSA) is 84.2 Å². The number of nitrogens with zero attached hydrogens (tertiary/aromatic N) is 2. The fourth-order valence-corrected chi connectivity index (χ4v) is 1.75. The van der Waals surface area contributed by atoms with Crippen molar-refractivity contribution in [3.05, 3.63) is 18.7 Å². The van der Waals surface area contributed by atoms with E-state index in [-0.39, 0.29) is 18.4 Å². The van der Waals surface area contributed by atoms with E-state index in [9.17, 15) is 9.59 Å². The molecule has 0 aliphatic carbocycles. The largest absolute Gasteiger partial charge is 0.480 e. The van der Waals surface area contributed by atoms with Crippen molar-refractivity contribution < 1.29 is 14.7 Å². The van der Waals surface area contributed by atoms with Crippen LogP contribution in [0.15, 0.2) is 18.7 Å². The molecule has 0 fully saturated rings. The molecule has 6 nitrogen and oxygen atoms in total. The van der Waals surface area contributed by atoms with Gasteiger partial charge in [-0.2, -0.15) is 0 Å². The van der Waals surface area contributed by atoms with E-state index < -0.39 is 12.0 Å². The lowest BCUT2D eigenvalue weighted by Crippen LogP contribution is -2.39. The molecule has 0 radical (unpaired) electrons. The van der Waals surface area contributed by atoms with Gasteiger partial charge in [0.2, 0.25) is 5.91 Å². The van der Waals surface area contributed by atoms with Gasteiger partial charge in [0.25, 0.3) is 0 Å². The molecule has 1 aromatic rings. The highest BCUT2D eigenvalue weighted by atomic mass is 16.4. The Labute approximate surface area is 106 Å².